The molecule has 1 aromatic carbocycles. The van der Waals surface area contributed by atoms with Crippen LogP contribution in [0.15, 0.2) is 34.5 Å². The highest BCUT2D eigenvalue weighted by molar-refractivity contribution is 7.17. The zero-order valence-corrected chi connectivity index (χ0v) is 18.8. The molecule has 1 aliphatic rings. The van der Waals surface area contributed by atoms with E-state index in [0.717, 1.165) is 45.4 Å². The van der Waals surface area contributed by atoms with Gasteiger partial charge in [-0.05, 0) is 52.3 Å². The normalized spacial score (nSPS) is 17.3. The van der Waals surface area contributed by atoms with Gasteiger partial charge in [-0.3, -0.25) is 4.90 Å². The lowest BCUT2D eigenvalue weighted by Gasteiger charge is -2.32. The second kappa shape index (κ2) is 10.4. The molecule has 1 aliphatic heterocycles. The largest absolute Gasteiger partial charge is 0.369 e. The molecule has 158 valence electrons. The van der Waals surface area contributed by atoms with Crippen LogP contribution < -0.4 is 11.5 Å². The lowest BCUT2D eigenvalue weighted by Crippen LogP contribution is -2.37. The Kier molecular flexibility index (Phi) is 7.61. The smallest absolute Gasteiger partial charge is 0.211 e. The number of rotatable bonds is 5. The van der Waals surface area contributed by atoms with Gasteiger partial charge in [0.15, 0.2) is 0 Å². The summed E-state index contributed by atoms with van der Waals surface area (Å²) in [5.74, 6) is 6.56. The molecule has 1 unspecified atom stereocenters. The highest BCUT2D eigenvalue weighted by atomic mass is 32.1. The lowest BCUT2D eigenvalue weighted by atomic mass is 10.0. The molecule has 7 heteroatoms. The van der Waals surface area contributed by atoms with E-state index in [-0.39, 0.29) is 5.96 Å². The maximum absolute atomic E-state index is 5.35. The average molecular weight is 423 g/mol. The Hall–Kier alpha value is -2.69. The van der Waals surface area contributed by atoms with Crippen molar-refractivity contribution < 1.29 is 0 Å². The first-order valence-electron chi connectivity index (χ1n) is 10.4. The number of nitrogens with zero attached hydrogens (tertiary/aromatic N) is 4. The number of likely N-dealkylation sites (tertiary alicyclic amines) is 1. The molecular weight excluding hydrogens is 392 g/mol. The fourth-order valence-corrected chi connectivity index (χ4v) is 4.60. The van der Waals surface area contributed by atoms with Crippen LogP contribution in [0, 0.1) is 18.8 Å². The van der Waals surface area contributed by atoms with Crippen molar-refractivity contribution in [2.45, 2.75) is 52.5 Å². The third-order valence-electron chi connectivity index (χ3n) is 5.27. The Labute approximate surface area is 183 Å². The fourth-order valence-electron chi connectivity index (χ4n) is 3.58. The number of benzene rings is 1. The Morgan fingerprint density at radius 2 is 2.00 bits per heavy atom. The molecule has 0 aliphatic carbocycles. The first-order chi connectivity index (χ1) is 14.4. The van der Waals surface area contributed by atoms with Crippen LogP contribution in [-0.4, -0.2) is 40.7 Å². The molecule has 0 amide bonds. The van der Waals surface area contributed by atoms with E-state index in [2.05, 4.69) is 63.1 Å². The van der Waals surface area contributed by atoms with E-state index >= 15 is 0 Å². The van der Waals surface area contributed by atoms with E-state index in [1.165, 1.54) is 25.8 Å². The molecule has 2 heterocycles. The summed E-state index contributed by atoms with van der Waals surface area (Å²) < 4.78 is 0. The van der Waals surface area contributed by atoms with Crippen LogP contribution >= 0.6 is 11.3 Å². The Morgan fingerprint density at radius 1 is 1.23 bits per heavy atom. The maximum atomic E-state index is 5.35. The molecule has 0 saturated carbocycles. The third kappa shape index (κ3) is 5.91. The standard InChI is InChI=1S/C23H30N6S/c1-16-8-4-6-14-29(16)15-7-5-9-19-10-12-20(13-11-19)22-26-17(2)21(30-22)18(3)27-28-23(24)25/h10-13,16H,4,6-8,14-15H2,1-3H3,(H4,24,25,28)/b27-18+. The molecule has 30 heavy (non-hydrogen) atoms. The van der Waals surface area contributed by atoms with Crippen molar-refractivity contribution in [3.63, 3.8) is 0 Å². The van der Waals surface area contributed by atoms with Gasteiger partial charge in [-0.25, -0.2) is 4.98 Å². The molecule has 0 radical (unpaired) electrons. The molecule has 1 aromatic heterocycles. The third-order valence-corrected chi connectivity index (χ3v) is 6.59. The van der Waals surface area contributed by atoms with Gasteiger partial charge >= 0.3 is 0 Å². The molecule has 0 spiro atoms. The summed E-state index contributed by atoms with van der Waals surface area (Å²) in [6, 6.07) is 8.95. The van der Waals surface area contributed by atoms with Crippen molar-refractivity contribution in [3.8, 4) is 22.4 Å². The Morgan fingerprint density at radius 3 is 2.70 bits per heavy atom. The van der Waals surface area contributed by atoms with Crippen molar-refractivity contribution in [2.24, 2.45) is 21.7 Å². The molecular formula is C23H30N6S. The van der Waals surface area contributed by atoms with Crippen LogP contribution in [0.4, 0.5) is 0 Å². The van der Waals surface area contributed by atoms with E-state index in [0.29, 0.717) is 6.04 Å². The van der Waals surface area contributed by atoms with Gasteiger partial charge in [0, 0.05) is 30.1 Å². The number of hydrogen-bond acceptors (Lipinski definition) is 5. The van der Waals surface area contributed by atoms with Crippen LogP contribution in [0.1, 0.15) is 55.7 Å². The fraction of sp³-hybridized carbons (Fsp3) is 0.435. The van der Waals surface area contributed by atoms with E-state index in [1.807, 2.05) is 13.8 Å². The van der Waals surface area contributed by atoms with Gasteiger partial charge in [0.05, 0.1) is 16.3 Å². The zero-order valence-electron chi connectivity index (χ0n) is 18.0. The van der Waals surface area contributed by atoms with Crippen molar-refractivity contribution in [2.75, 3.05) is 13.1 Å². The lowest BCUT2D eigenvalue weighted by molar-refractivity contribution is 0.164. The van der Waals surface area contributed by atoms with E-state index in [4.69, 9.17) is 11.5 Å². The minimum Gasteiger partial charge on any atom is -0.369 e. The predicted octanol–water partition coefficient (Wildman–Crippen LogP) is 3.73. The molecule has 2 aromatic rings. The number of aromatic nitrogens is 1. The van der Waals surface area contributed by atoms with E-state index in [9.17, 15) is 0 Å². The molecule has 1 fully saturated rings. The van der Waals surface area contributed by atoms with Crippen LogP contribution in [-0.2, 0) is 0 Å². The summed E-state index contributed by atoms with van der Waals surface area (Å²) >= 11 is 1.58. The van der Waals surface area contributed by atoms with Gasteiger partial charge < -0.3 is 11.5 Å². The number of nitrogens with two attached hydrogens (primary N) is 2. The van der Waals surface area contributed by atoms with Crippen LogP contribution in [0.5, 0.6) is 0 Å². The number of piperidine rings is 1. The number of hydrogen-bond donors (Lipinski definition) is 2. The maximum Gasteiger partial charge on any atom is 0.211 e. The van der Waals surface area contributed by atoms with Crippen LogP contribution in [0.2, 0.25) is 0 Å². The molecule has 4 N–H and O–H groups in total. The highest BCUT2D eigenvalue weighted by Gasteiger charge is 2.16. The van der Waals surface area contributed by atoms with Crippen molar-refractivity contribution >= 4 is 23.0 Å². The van der Waals surface area contributed by atoms with Crippen LogP contribution in [0.3, 0.4) is 0 Å². The predicted molar refractivity (Wildman–Crippen MR) is 127 cm³/mol. The van der Waals surface area contributed by atoms with Gasteiger partial charge in [0.1, 0.15) is 5.01 Å². The molecule has 3 rings (SSSR count). The first kappa shape index (κ1) is 22.0. The number of guanidine groups is 1. The zero-order chi connectivity index (χ0) is 21.5. The summed E-state index contributed by atoms with van der Waals surface area (Å²) in [6.07, 6.45) is 4.90. The Bertz CT molecular complexity index is 973. The summed E-state index contributed by atoms with van der Waals surface area (Å²) in [4.78, 5) is 8.21. The van der Waals surface area contributed by atoms with Gasteiger partial charge in [0.2, 0.25) is 5.96 Å². The monoisotopic (exact) mass is 422 g/mol. The summed E-state index contributed by atoms with van der Waals surface area (Å²) in [5, 5.41) is 8.73. The summed E-state index contributed by atoms with van der Waals surface area (Å²) in [7, 11) is 0. The van der Waals surface area contributed by atoms with Gasteiger partial charge in [0.25, 0.3) is 0 Å². The highest BCUT2D eigenvalue weighted by Crippen LogP contribution is 2.28. The van der Waals surface area contributed by atoms with Gasteiger partial charge in [-0.1, -0.05) is 30.4 Å². The van der Waals surface area contributed by atoms with E-state index in [1.54, 1.807) is 11.3 Å². The molecule has 1 atom stereocenters. The van der Waals surface area contributed by atoms with Crippen LogP contribution in [0.25, 0.3) is 10.6 Å². The molecule has 1 saturated heterocycles. The van der Waals surface area contributed by atoms with Gasteiger partial charge in [-0.15, -0.1) is 16.4 Å². The topological polar surface area (TPSA) is 92.9 Å². The second-order valence-corrected chi connectivity index (χ2v) is 8.65. The first-order valence-corrected chi connectivity index (χ1v) is 11.2. The quantitative estimate of drug-likeness (QED) is 0.332. The minimum absolute atomic E-state index is 0.0566. The number of thiazole rings is 1. The molecule has 6 nitrogen and oxygen atoms in total. The Balaban J connectivity index is 1.63. The van der Waals surface area contributed by atoms with Crippen molar-refractivity contribution in [1.29, 1.82) is 0 Å². The van der Waals surface area contributed by atoms with Crippen molar-refractivity contribution in [3.05, 3.63) is 40.4 Å². The van der Waals surface area contributed by atoms with Gasteiger partial charge in [-0.2, -0.15) is 5.10 Å². The number of aryl methyl sites for hydroxylation is 1. The summed E-state index contributed by atoms with van der Waals surface area (Å²) in [6.45, 7) is 8.44. The van der Waals surface area contributed by atoms with Crippen molar-refractivity contribution in [1.82, 2.24) is 9.88 Å². The molecule has 0 bridgehead atoms. The average Bonchev–Trinajstić information content (AvgIpc) is 3.13. The minimum atomic E-state index is -0.0566. The van der Waals surface area contributed by atoms with E-state index < -0.39 is 0 Å². The SMILES string of the molecule is C/C(=N\N=C(N)N)c1sc(-c2ccc(C#CCCN3CCCCC3C)cc2)nc1C. The summed E-state index contributed by atoms with van der Waals surface area (Å²) in [5.41, 5.74) is 14.5. The second-order valence-electron chi connectivity index (χ2n) is 7.65.